The number of nitrogens with two attached hydrogens (primary N) is 2. The Morgan fingerprint density at radius 1 is 0.788 bits per heavy atom. The second kappa shape index (κ2) is 15.5. The minimum atomic E-state index is -0.207. The molecule has 0 saturated carbocycles. The van der Waals surface area contributed by atoms with Crippen LogP contribution in [-0.4, -0.2) is 61.9 Å². The first-order valence-electron chi connectivity index (χ1n) is 12.4. The van der Waals surface area contributed by atoms with E-state index in [4.69, 9.17) is 11.5 Å². The van der Waals surface area contributed by atoms with E-state index in [1.165, 1.54) is 4.90 Å². The molecular weight excluding hydrogens is 418 g/mol. The van der Waals surface area contributed by atoms with Crippen molar-refractivity contribution in [1.82, 2.24) is 15.5 Å². The van der Waals surface area contributed by atoms with E-state index in [-0.39, 0.29) is 23.6 Å². The van der Waals surface area contributed by atoms with Crippen LogP contribution >= 0.6 is 0 Å². The highest BCUT2D eigenvalue weighted by molar-refractivity contribution is 6.21. The topological polar surface area (TPSA) is 131 Å². The lowest BCUT2D eigenvalue weighted by molar-refractivity contribution is -0.125. The van der Waals surface area contributed by atoms with E-state index in [1.807, 2.05) is 0 Å². The van der Waals surface area contributed by atoms with Gasteiger partial charge in [-0.1, -0.05) is 18.6 Å². The normalized spacial score (nSPS) is 13.9. The summed E-state index contributed by atoms with van der Waals surface area (Å²) in [7, 11) is 0. The van der Waals surface area contributed by atoms with Crippen LogP contribution in [0.4, 0.5) is 0 Å². The van der Waals surface area contributed by atoms with Gasteiger partial charge >= 0.3 is 0 Å². The lowest BCUT2D eigenvalue weighted by Gasteiger charge is -2.17. The summed E-state index contributed by atoms with van der Waals surface area (Å²) in [5.41, 5.74) is 12.1. The molecule has 33 heavy (non-hydrogen) atoms. The summed E-state index contributed by atoms with van der Waals surface area (Å²) in [6.07, 6.45) is 7.97. The molecule has 1 aliphatic heterocycles. The molecule has 8 nitrogen and oxygen atoms in total. The zero-order chi connectivity index (χ0) is 23.9. The fraction of sp³-hybridized carbons (Fsp3) is 0.640. The summed E-state index contributed by atoms with van der Waals surface area (Å²) in [5.74, 6) is -0.274. The van der Waals surface area contributed by atoms with E-state index in [1.54, 1.807) is 24.3 Å². The van der Waals surface area contributed by atoms with Gasteiger partial charge in [-0.2, -0.15) is 0 Å². The maximum absolute atomic E-state index is 12.7. The van der Waals surface area contributed by atoms with E-state index < -0.39 is 0 Å². The Bertz CT molecular complexity index is 720. The quantitative estimate of drug-likeness (QED) is 0.196. The van der Waals surface area contributed by atoms with Crippen molar-refractivity contribution in [1.29, 1.82) is 0 Å². The predicted octanol–water partition coefficient (Wildman–Crippen LogP) is 2.03. The van der Waals surface area contributed by atoms with Crippen molar-refractivity contribution in [3.63, 3.8) is 0 Å². The first-order valence-corrected chi connectivity index (χ1v) is 12.4. The monoisotopic (exact) mass is 459 g/mol. The van der Waals surface area contributed by atoms with Crippen molar-refractivity contribution in [3.8, 4) is 0 Å². The smallest absolute Gasteiger partial charge is 0.261 e. The Kier molecular flexibility index (Phi) is 12.7. The highest BCUT2D eigenvalue weighted by Crippen LogP contribution is 2.22. The molecule has 0 radical (unpaired) electrons. The molecule has 1 atom stereocenters. The molecule has 0 bridgehead atoms. The summed E-state index contributed by atoms with van der Waals surface area (Å²) in [6, 6.07) is 6.95. The van der Waals surface area contributed by atoms with Gasteiger partial charge in [-0.15, -0.1) is 0 Å². The molecule has 1 aliphatic rings. The Morgan fingerprint density at radius 2 is 1.42 bits per heavy atom. The fourth-order valence-corrected chi connectivity index (χ4v) is 4.14. The molecule has 0 aromatic heterocycles. The Morgan fingerprint density at radius 3 is 2.09 bits per heavy atom. The average molecular weight is 460 g/mol. The van der Waals surface area contributed by atoms with Gasteiger partial charge in [0.05, 0.1) is 11.1 Å². The third-order valence-corrected chi connectivity index (χ3v) is 6.08. The number of imide groups is 1. The van der Waals surface area contributed by atoms with Crippen molar-refractivity contribution < 1.29 is 14.4 Å². The zero-order valence-electron chi connectivity index (χ0n) is 19.8. The summed E-state index contributed by atoms with van der Waals surface area (Å²) < 4.78 is 0. The predicted molar refractivity (Wildman–Crippen MR) is 131 cm³/mol. The van der Waals surface area contributed by atoms with E-state index in [0.717, 1.165) is 70.9 Å². The number of fused-ring (bicyclic) bond motifs is 1. The molecule has 2 rings (SSSR count). The van der Waals surface area contributed by atoms with Gasteiger partial charge in [0, 0.05) is 19.0 Å². The van der Waals surface area contributed by atoms with Crippen LogP contribution in [0.2, 0.25) is 0 Å². The van der Waals surface area contributed by atoms with Crippen molar-refractivity contribution in [2.24, 2.45) is 17.4 Å². The van der Waals surface area contributed by atoms with Crippen molar-refractivity contribution >= 4 is 17.7 Å². The molecule has 6 N–H and O–H groups in total. The zero-order valence-corrected chi connectivity index (χ0v) is 19.8. The van der Waals surface area contributed by atoms with E-state index in [2.05, 4.69) is 10.6 Å². The van der Waals surface area contributed by atoms with Crippen LogP contribution < -0.4 is 22.1 Å². The first-order chi connectivity index (χ1) is 16.1. The van der Waals surface area contributed by atoms with E-state index in [9.17, 15) is 14.4 Å². The minimum Gasteiger partial charge on any atom is -0.356 e. The minimum absolute atomic E-state index is 0.0196. The van der Waals surface area contributed by atoms with E-state index in [0.29, 0.717) is 37.3 Å². The van der Waals surface area contributed by atoms with Crippen LogP contribution in [0.3, 0.4) is 0 Å². The SMILES string of the molecule is NCCCCC(CCCNCCCN)C(=O)NCCCCCN1C(=O)c2ccccc2C1=O. The number of nitrogens with zero attached hydrogens (tertiary/aromatic N) is 1. The van der Waals surface area contributed by atoms with E-state index >= 15 is 0 Å². The molecular formula is C25H41N5O3. The summed E-state index contributed by atoms with van der Waals surface area (Å²) in [6.45, 7) is 4.19. The molecule has 1 aromatic rings. The third-order valence-electron chi connectivity index (χ3n) is 6.08. The summed E-state index contributed by atoms with van der Waals surface area (Å²) >= 11 is 0. The van der Waals surface area contributed by atoms with Gasteiger partial charge in [0.25, 0.3) is 11.8 Å². The second-order valence-corrected chi connectivity index (χ2v) is 8.68. The van der Waals surface area contributed by atoms with Gasteiger partial charge in [-0.3, -0.25) is 19.3 Å². The molecule has 3 amide bonds. The fourth-order valence-electron chi connectivity index (χ4n) is 4.14. The standard InChI is InChI=1S/C25H41N5O3/c26-14-5-4-10-20(11-8-16-28-17-9-15-27)23(31)29-18-6-1-7-19-30-24(32)21-12-2-3-13-22(21)25(30)33/h2-3,12-13,20,28H,1,4-11,14-19,26-27H2,(H,29,31). The maximum Gasteiger partial charge on any atom is 0.261 e. The number of hydrogen-bond donors (Lipinski definition) is 4. The van der Waals surface area contributed by atoms with Crippen LogP contribution in [0.25, 0.3) is 0 Å². The molecule has 1 aromatic carbocycles. The highest BCUT2D eigenvalue weighted by Gasteiger charge is 2.34. The summed E-state index contributed by atoms with van der Waals surface area (Å²) in [4.78, 5) is 38.8. The maximum atomic E-state index is 12.7. The number of carbonyl (C=O) groups excluding carboxylic acids is 3. The molecule has 184 valence electrons. The van der Waals surface area contributed by atoms with Crippen molar-refractivity contribution in [2.75, 3.05) is 39.3 Å². The van der Waals surface area contributed by atoms with Gasteiger partial charge in [0.2, 0.25) is 5.91 Å². The molecule has 0 saturated heterocycles. The van der Waals surface area contributed by atoms with Gasteiger partial charge < -0.3 is 22.1 Å². The van der Waals surface area contributed by atoms with Crippen LogP contribution in [0.15, 0.2) is 24.3 Å². The average Bonchev–Trinajstić information content (AvgIpc) is 3.07. The van der Waals surface area contributed by atoms with Crippen LogP contribution in [0.5, 0.6) is 0 Å². The van der Waals surface area contributed by atoms with Crippen LogP contribution in [0, 0.1) is 5.92 Å². The van der Waals surface area contributed by atoms with Gasteiger partial charge in [-0.05, 0) is 89.7 Å². The number of nitrogens with one attached hydrogen (secondary N) is 2. The molecule has 0 aliphatic carbocycles. The second-order valence-electron chi connectivity index (χ2n) is 8.68. The number of benzene rings is 1. The summed E-state index contributed by atoms with van der Waals surface area (Å²) in [5, 5.41) is 6.44. The number of amides is 3. The number of hydrogen-bond acceptors (Lipinski definition) is 6. The lowest BCUT2D eigenvalue weighted by atomic mass is 9.95. The van der Waals surface area contributed by atoms with Gasteiger partial charge in [0.1, 0.15) is 0 Å². The molecule has 1 unspecified atom stereocenters. The lowest BCUT2D eigenvalue weighted by Crippen LogP contribution is -2.33. The van der Waals surface area contributed by atoms with Crippen LogP contribution in [-0.2, 0) is 4.79 Å². The van der Waals surface area contributed by atoms with Gasteiger partial charge in [0.15, 0.2) is 0 Å². The molecule has 0 fully saturated rings. The first kappa shape index (κ1) is 27.0. The van der Waals surface area contributed by atoms with Crippen LogP contribution in [0.1, 0.15) is 78.5 Å². The Balaban J connectivity index is 1.63. The highest BCUT2D eigenvalue weighted by atomic mass is 16.2. The van der Waals surface area contributed by atoms with Crippen molar-refractivity contribution in [3.05, 3.63) is 35.4 Å². The molecule has 8 heteroatoms. The molecule has 1 heterocycles. The largest absolute Gasteiger partial charge is 0.356 e. The molecule has 0 spiro atoms. The number of unbranched alkanes of at least 4 members (excludes halogenated alkanes) is 3. The van der Waals surface area contributed by atoms with Gasteiger partial charge in [-0.25, -0.2) is 0 Å². The number of carbonyl (C=O) groups is 3. The third kappa shape index (κ3) is 8.87. The Labute approximate surface area is 197 Å². The number of rotatable bonds is 18. The Hall–Kier alpha value is -2.29. The van der Waals surface area contributed by atoms with Crippen molar-refractivity contribution in [2.45, 2.75) is 57.8 Å².